The van der Waals surface area contributed by atoms with Gasteiger partial charge in [-0.1, -0.05) is 42.5 Å². The molecule has 0 aliphatic heterocycles. The molecule has 0 aliphatic rings. The fourth-order valence-electron chi connectivity index (χ4n) is 1.71. The molecule has 0 saturated carbocycles. The van der Waals surface area contributed by atoms with Gasteiger partial charge in [0.15, 0.2) is 0 Å². The van der Waals surface area contributed by atoms with Crippen LogP contribution in [-0.4, -0.2) is 10.2 Å². The third kappa shape index (κ3) is 2.64. The van der Waals surface area contributed by atoms with Crippen molar-refractivity contribution in [2.45, 2.75) is 12.2 Å². The highest BCUT2D eigenvalue weighted by molar-refractivity contribution is 5.40. The van der Waals surface area contributed by atoms with E-state index in [4.69, 9.17) is 5.73 Å². The molecule has 0 aliphatic carbocycles. The fourth-order valence-corrected chi connectivity index (χ4v) is 1.71. The van der Waals surface area contributed by atoms with Crippen LogP contribution in [-0.2, 0) is 0 Å². The molecule has 0 fully saturated rings. The molecule has 0 aromatic heterocycles. The van der Waals surface area contributed by atoms with Crippen molar-refractivity contribution in [2.24, 2.45) is 0 Å². The van der Waals surface area contributed by atoms with Crippen molar-refractivity contribution in [3.63, 3.8) is 0 Å². The number of aliphatic hydroxyl groups excluding tert-OH is 2. The van der Waals surface area contributed by atoms with Gasteiger partial charge in [-0.2, -0.15) is 0 Å². The van der Waals surface area contributed by atoms with Crippen LogP contribution < -0.4 is 5.73 Å². The quantitative estimate of drug-likeness (QED) is 0.705. The van der Waals surface area contributed by atoms with Gasteiger partial charge in [0.2, 0.25) is 0 Å². The summed E-state index contributed by atoms with van der Waals surface area (Å²) in [6, 6.07) is 15.9. The summed E-state index contributed by atoms with van der Waals surface area (Å²) < 4.78 is 0. The van der Waals surface area contributed by atoms with Gasteiger partial charge in [-0.3, -0.25) is 0 Å². The number of benzene rings is 2. The lowest BCUT2D eigenvalue weighted by Crippen LogP contribution is -2.10. The van der Waals surface area contributed by atoms with Gasteiger partial charge < -0.3 is 15.9 Å². The van der Waals surface area contributed by atoms with Crippen molar-refractivity contribution in [2.75, 3.05) is 5.73 Å². The van der Waals surface area contributed by atoms with Crippen molar-refractivity contribution < 1.29 is 10.2 Å². The molecule has 3 heteroatoms. The second kappa shape index (κ2) is 4.99. The van der Waals surface area contributed by atoms with E-state index in [9.17, 15) is 10.2 Å². The largest absolute Gasteiger partial charge is 0.399 e. The first-order valence-corrected chi connectivity index (χ1v) is 5.45. The van der Waals surface area contributed by atoms with E-state index >= 15 is 0 Å². The number of nitrogens with two attached hydrogens (primary N) is 1. The molecule has 0 radical (unpaired) electrons. The Balaban J connectivity index is 2.20. The van der Waals surface area contributed by atoms with Gasteiger partial charge in [-0.05, 0) is 23.3 Å². The van der Waals surface area contributed by atoms with Crippen LogP contribution in [0.3, 0.4) is 0 Å². The molecular formula is C14H15NO2. The maximum atomic E-state index is 10.0. The predicted octanol–water partition coefficient (Wildman–Crippen LogP) is 2.04. The molecule has 2 rings (SSSR count). The van der Waals surface area contributed by atoms with Gasteiger partial charge in [0.05, 0.1) is 0 Å². The minimum absolute atomic E-state index is 0.634. The van der Waals surface area contributed by atoms with E-state index in [2.05, 4.69) is 0 Å². The molecule has 0 heterocycles. The van der Waals surface area contributed by atoms with Crippen LogP contribution in [0.15, 0.2) is 54.6 Å². The fraction of sp³-hybridized carbons (Fsp3) is 0.143. The molecule has 2 aromatic carbocycles. The molecule has 2 atom stereocenters. The summed E-state index contributed by atoms with van der Waals surface area (Å²) in [5.41, 5.74) is 7.54. The van der Waals surface area contributed by atoms with Gasteiger partial charge >= 0.3 is 0 Å². The number of hydrogen-bond donors (Lipinski definition) is 3. The van der Waals surface area contributed by atoms with E-state index in [1.165, 1.54) is 0 Å². The van der Waals surface area contributed by atoms with Crippen molar-refractivity contribution in [1.82, 2.24) is 0 Å². The Morgan fingerprint density at radius 1 is 0.706 bits per heavy atom. The highest BCUT2D eigenvalue weighted by Gasteiger charge is 2.19. The maximum absolute atomic E-state index is 10.0. The topological polar surface area (TPSA) is 66.5 Å². The van der Waals surface area contributed by atoms with Crippen LogP contribution in [0, 0.1) is 0 Å². The highest BCUT2D eigenvalue weighted by atomic mass is 16.3. The van der Waals surface area contributed by atoms with Gasteiger partial charge in [-0.15, -0.1) is 0 Å². The molecule has 4 N–H and O–H groups in total. The Hall–Kier alpha value is -1.84. The Morgan fingerprint density at radius 2 is 1.18 bits per heavy atom. The third-order valence-corrected chi connectivity index (χ3v) is 2.72. The van der Waals surface area contributed by atoms with E-state index in [-0.39, 0.29) is 0 Å². The predicted molar refractivity (Wildman–Crippen MR) is 67.2 cm³/mol. The Bertz CT molecular complexity index is 467. The number of nitrogen functional groups attached to an aromatic ring is 1. The normalized spacial score (nSPS) is 14.2. The van der Waals surface area contributed by atoms with Crippen molar-refractivity contribution >= 4 is 5.69 Å². The second-order valence-electron chi connectivity index (χ2n) is 3.97. The monoisotopic (exact) mass is 229 g/mol. The lowest BCUT2D eigenvalue weighted by molar-refractivity contribution is 0.0172. The van der Waals surface area contributed by atoms with E-state index in [0.29, 0.717) is 16.8 Å². The van der Waals surface area contributed by atoms with Gasteiger partial charge in [0.1, 0.15) is 12.2 Å². The molecule has 17 heavy (non-hydrogen) atoms. The average molecular weight is 229 g/mol. The van der Waals surface area contributed by atoms with Gasteiger partial charge in [-0.25, -0.2) is 0 Å². The van der Waals surface area contributed by atoms with E-state index < -0.39 is 12.2 Å². The Morgan fingerprint density at radius 3 is 1.71 bits per heavy atom. The minimum atomic E-state index is -0.946. The number of aliphatic hydroxyl groups is 2. The Labute approximate surface area is 100 Å². The third-order valence-electron chi connectivity index (χ3n) is 2.72. The lowest BCUT2D eigenvalue weighted by atomic mass is 9.98. The zero-order chi connectivity index (χ0) is 12.3. The van der Waals surface area contributed by atoms with Gasteiger partial charge in [0, 0.05) is 5.69 Å². The Kier molecular flexibility index (Phi) is 3.42. The molecule has 88 valence electrons. The number of anilines is 1. The van der Waals surface area contributed by atoms with Crippen molar-refractivity contribution in [1.29, 1.82) is 0 Å². The molecule has 0 saturated heterocycles. The summed E-state index contributed by atoms with van der Waals surface area (Å²) in [5, 5.41) is 20.1. The summed E-state index contributed by atoms with van der Waals surface area (Å²) in [4.78, 5) is 0. The lowest BCUT2D eigenvalue weighted by Gasteiger charge is -2.18. The minimum Gasteiger partial charge on any atom is -0.399 e. The van der Waals surface area contributed by atoms with Crippen LogP contribution in [0.2, 0.25) is 0 Å². The van der Waals surface area contributed by atoms with Gasteiger partial charge in [0.25, 0.3) is 0 Å². The first-order chi connectivity index (χ1) is 8.18. The summed E-state index contributed by atoms with van der Waals surface area (Å²) in [6.45, 7) is 0. The molecular weight excluding hydrogens is 214 g/mol. The van der Waals surface area contributed by atoms with Crippen LogP contribution in [0.25, 0.3) is 0 Å². The summed E-state index contributed by atoms with van der Waals surface area (Å²) in [6.07, 6.45) is -1.88. The van der Waals surface area contributed by atoms with Crippen LogP contribution in [0.1, 0.15) is 23.3 Å². The van der Waals surface area contributed by atoms with E-state index in [1.807, 2.05) is 18.2 Å². The zero-order valence-electron chi connectivity index (χ0n) is 9.32. The SMILES string of the molecule is Nc1ccc([C@@H](O)[C@H](O)c2ccccc2)cc1. The molecule has 0 spiro atoms. The summed E-state index contributed by atoms with van der Waals surface area (Å²) in [5.74, 6) is 0. The van der Waals surface area contributed by atoms with Crippen LogP contribution in [0.4, 0.5) is 5.69 Å². The highest BCUT2D eigenvalue weighted by Crippen LogP contribution is 2.28. The maximum Gasteiger partial charge on any atom is 0.109 e. The average Bonchev–Trinajstić information content (AvgIpc) is 2.39. The number of hydrogen-bond acceptors (Lipinski definition) is 3. The van der Waals surface area contributed by atoms with Crippen LogP contribution >= 0.6 is 0 Å². The molecule has 0 amide bonds. The summed E-state index contributed by atoms with van der Waals surface area (Å²) >= 11 is 0. The standard InChI is InChI=1S/C14H15NO2/c15-12-8-6-11(7-9-12)14(17)13(16)10-4-2-1-3-5-10/h1-9,13-14,16-17H,15H2/t13-,14-/m1/s1. The molecule has 2 aromatic rings. The first kappa shape index (κ1) is 11.6. The number of rotatable bonds is 3. The van der Waals surface area contributed by atoms with E-state index in [0.717, 1.165) is 0 Å². The van der Waals surface area contributed by atoms with E-state index in [1.54, 1.807) is 36.4 Å². The molecule has 0 bridgehead atoms. The first-order valence-electron chi connectivity index (χ1n) is 5.45. The zero-order valence-corrected chi connectivity index (χ0v) is 9.32. The smallest absolute Gasteiger partial charge is 0.109 e. The summed E-state index contributed by atoms with van der Waals surface area (Å²) in [7, 11) is 0. The molecule has 3 nitrogen and oxygen atoms in total. The van der Waals surface area contributed by atoms with Crippen LogP contribution in [0.5, 0.6) is 0 Å². The van der Waals surface area contributed by atoms with Crippen molar-refractivity contribution in [3.05, 3.63) is 65.7 Å². The molecule has 0 unspecified atom stereocenters. The van der Waals surface area contributed by atoms with Crippen molar-refractivity contribution in [3.8, 4) is 0 Å². The second-order valence-corrected chi connectivity index (χ2v) is 3.97.